The van der Waals surface area contributed by atoms with Crippen molar-refractivity contribution in [1.29, 1.82) is 0 Å². The number of hydrogen-bond acceptors (Lipinski definition) is 3. The van der Waals surface area contributed by atoms with Gasteiger partial charge in [-0.1, -0.05) is 11.6 Å². The van der Waals surface area contributed by atoms with E-state index in [4.69, 9.17) is 27.9 Å². The molecule has 0 N–H and O–H groups in total. The van der Waals surface area contributed by atoms with Crippen molar-refractivity contribution in [3.05, 3.63) is 23.0 Å². The number of likely N-dealkylation sites (N-methyl/N-ethyl adjacent to an activating group) is 1. The van der Waals surface area contributed by atoms with Crippen molar-refractivity contribution < 1.29 is 4.74 Å². The van der Waals surface area contributed by atoms with E-state index in [1.807, 2.05) is 0 Å². The quantitative estimate of drug-likeness (QED) is 0.765. The highest BCUT2D eigenvalue weighted by atomic mass is 35.5. The molecule has 0 radical (unpaired) electrons. The van der Waals surface area contributed by atoms with Gasteiger partial charge in [-0.2, -0.15) is 0 Å². The number of aromatic nitrogens is 1. The summed E-state index contributed by atoms with van der Waals surface area (Å²) in [6, 6.07) is 0. The minimum absolute atomic E-state index is 0.115. The number of fused-ring (bicyclic) bond motifs is 1. The van der Waals surface area contributed by atoms with Gasteiger partial charge in [-0.3, -0.25) is 9.88 Å². The summed E-state index contributed by atoms with van der Waals surface area (Å²) in [4.78, 5) is 6.24. The number of rotatable bonds is 2. The van der Waals surface area contributed by atoms with Crippen LogP contribution < -0.4 is 4.74 Å². The molecule has 16 heavy (non-hydrogen) atoms. The molecule has 2 heterocycles. The van der Waals surface area contributed by atoms with Crippen LogP contribution in [-0.2, 0) is 6.54 Å². The minimum Gasteiger partial charge on any atom is -0.487 e. The molecule has 5 heteroatoms. The van der Waals surface area contributed by atoms with E-state index in [1.54, 1.807) is 12.4 Å². The van der Waals surface area contributed by atoms with E-state index in [2.05, 4.69) is 16.9 Å². The van der Waals surface area contributed by atoms with Crippen LogP contribution in [0.1, 0.15) is 12.0 Å². The summed E-state index contributed by atoms with van der Waals surface area (Å²) in [5.74, 6) is 1.38. The van der Waals surface area contributed by atoms with Crippen LogP contribution in [-0.4, -0.2) is 35.5 Å². The Kier molecular flexibility index (Phi) is 3.90. The zero-order valence-electron chi connectivity index (χ0n) is 9.12. The van der Waals surface area contributed by atoms with Crippen LogP contribution >= 0.6 is 23.2 Å². The van der Waals surface area contributed by atoms with Crippen molar-refractivity contribution in [3.63, 3.8) is 0 Å². The molecule has 1 aliphatic heterocycles. The number of halogens is 2. The van der Waals surface area contributed by atoms with Crippen LogP contribution in [0.3, 0.4) is 0 Å². The van der Waals surface area contributed by atoms with Crippen LogP contribution in [0.15, 0.2) is 12.4 Å². The Balaban J connectivity index is 2.28. The normalized spacial score (nSPS) is 21.1. The van der Waals surface area contributed by atoms with E-state index in [1.165, 1.54) is 0 Å². The first-order valence-electron chi connectivity index (χ1n) is 5.24. The van der Waals surface area contributed by atoms with Gasteiger partial charge in [0.1, 0.15) is 11.9 Å². The molecule has 1 aromatic heterocycles. The van der Waals surface area contributed by atoms with Crippen molar-refractivity contribution in [2.24, 2.45) is 0 Å². The third kappa shape index (κ3) is 2.59. The van der Waals surface area contributed by atoms with E-state index in [0.717, 1.165) is 30.8 Å². The average Bonchev–Trinajstić information content (AvgIpc) is 2.38. The molecule has 0 amide bonds. The van der Waals surface area contributed by atoms with E-state index < -0.39 is 0 Å². The highest BCUT2D eigenvalue weighted by molar-refractivity contribution is 6.31. The molecule has 1 aromatic rings. The predicted octanol–water partition coefficient (Wildman–Crippen LogP) is 2.56. The zero-order chi connectivity index (χ0) is 11.5. The first kappa shape index (κ1) is 12.0. The molecule has 0 spiro atoms. The third-order valence-corrected chi connectivity index (χ3v) is 3.18. The van der Waals surface area contributed by atoms with Gasteiger partial charge in [0.2, 0.25) is 0 Å². The van der Waals surface area contributed by atoms with Crippen LogP contribution in [0.25, 0.3) is 0 Å². The fourth-order valence-corrected chi connectivity index (χ4v) is 2.32. The molecule has 3 nitrogen and oxygen atoms in total. The van der Waals surface area contributed by atoms with Gasteiger partial charge in [0, 0.05) is 30.7 Å². The summed E-state index contributed by atoms with van der Waals surface area (Å²) < 4.78 is 5.88. The fourth-order valence-electron chi connectivity index (χ4n) is 1.87. The van der Waals surface area contributed by atoms with Gasteiger partial charge < -0.3 is 4.74 Å². The van der Waals surface area contributed by atoms with Gasteiger partial charge in [-0.15, -0.1) is 11.6 Å². The molecule has 1 atom stereocenters. The fraction of sp³-hybridized carbons (Fsp3) is 0.545. The van der Waals surface area contributed by atoms with Crippen LogP contribution in [0.4, 0.5) is 0 Å². The van der Waals surface area contributed by atoms with Crippen molar-refractivity contribution in [2.75, 3.05) is 19.5 Å². The topological polar surface area (TPSA) is 25.4 Å². The van der Waals surface area contributed by atoms with E-state index >= 15 is 0 Å². The van der Waals surface area contributed by atoms with Crippen molar-refractivity contribution in [3.8, 4) is 5.75 Å². The Morgan fingerprint density at radius 2 is 2.38 bits per heavy atom. The molecule has 1 aliphatic rings. The third-order valence-electron chi connectivity index (χ3n) is 2.63. The van der Waals surface area contributed by atoms with Gasteiger partial charge in [0.05, 0.1) is 11.2 Å². The lowest BCUT2D eigenvalue weighted by molar-refractivity contribution is 0.159. The first-order valence-corrected chi connectivity index (χ1v) is 6.15. The second kappa shape index (κ2) is 5.21. The van der Waals surface area contributed by atoms with Gasteiger partial charge in [0.25, 0.3) is 0 Å². The number of alkyl halides is 1. The molecular weight excluding hydrogens is 247 g/mol. The van der Waals surface area contributed by atoms with Crippen LogP contribution in [0, 0.1) is 0 Å². The maximum absolute atomic E-state index is 6.11. The van der Waals surface area contributed by atoms with Gasteiger partial charge >= 0.3 is 0 Å². The number of ether oxygens (including phenoxy) is 1. The Morgan fingerprint density at radius 1 is 1.56 bits per heavy atom. The molecule has 0 bridgehead atoms. The van der Waals surface area contributed by atoms with Crippen molar-refractivity contribution in [1.82, 2.24) is 9.88 Å². The van der Waals surface area contributed by atoms with E-state index in [-0.39, 0.29) is 6.10 Å². The molecule has 0 aliphatic carbocycles. The summed E-state index contributed by atoms with van der Waals surface area (Å²) in [6.45, 7) is 1.65. The molecule has 0 fully saturated rings. The van der Waals surface area contributed by atoms with Crippen molar-refractivity contribution in [2.45, 2.75) is 19.1 Å². The average molecular weight is 261 g/mol. The van der Waals surface area contributed by atoms with Crippen LogP contribution in [0.5, 0.6) is 5.75 Å². The molecular formula is C11H14Cl2N2O. The molecule has 0 saturated heterocycles. The summed E-state index contributed by atoms with van der Waals surface area (Å²) >= 11 is 11.9. The summed E-state index contributed by atoms with van der Waals surface area (Å²) in [6.07, 6.45) is 4.32. The first-order chi connectivity index (χ1) is 7.70. The predicted molar refractivity (Wildman–Crippen MR) is 65.3 cm³/mol. The summed E-state index contributed by atoms with van der Waals surface area (Å²) in [7, 11) is 2.05. The minimum atomic E-state index is 0.115. The zero-order valence-corrected chi connectivity index (χ0v) is 10.6. The lowest BCUT2D eigenvalue weighted by Crippen LogP contribution is -2.30. The lowest BCUT2D eigenvalue weighted by Gasteiger charge is -2.19. The SMILES string of the molecule is CN1Cc2c(Cl)cncc2OC(CCCl)C1. The molecule has 2 rings (SSSR count). The van der Waals surface area contributed by atoms with Gasteiger partial charge in [0.15, 0.2) is 0 Å². The highest BCUT2D eigenvalue weighted by Gasteiger charge is 2.22. The number of pyridine rings is 1. The van der Waals surface area contributed by atoms with E-state index in [0.29, 0.717) is 10.9 Å². The Labute approximate surface area is 105 Å². The standard InChI is InChI=1S/C11H14Cl2N2O/c1-15-6-8(2-3-12)16-11-5-14-4-10(13)9(11)7-15/h4-5,8H,2-3,6-7H2,1H3. The van der Waals surface area contributed by atoms with Gasteiger partial charge in [-0.05, 0) is 13.5 Å². The smallest absolute Gasteiger partial charge is 0.144 e. The van der Waals surface area contributed by atoms with Crippen molar-refractivity contribution >= 4 is 23.2 Å². The van der Waals surface area contributed by atoms with Gasteiger partial charge in [-0.25, -0.2) is 0 Å². The highest BCUT2D eigenvalue weighted by Crippen LogP contribution is 2.29. The maximum Gasteiger partial charge on any atom is 0.144 e. The Morgan fingerprint density at radius 3 is 3.12 bits per heavy atom. The Bertz CT molecular complexity index is 373. The number of nitrogens with zero attached hydrogens (tertiary/aromatic N) is 2. The van der Waals surface area contributed by atoms with Crippen LogP contribution in [0.2, 0.25) is 5.02 Å². The summed E-state index contributed by atoms with van der Waals surface area (Å²) in [5, 5.41) is 0.663. The molecule has 88 valence electrons. The molecule has 0 saturated carbocycles. The largest absolute Gasteiger partial charge is 0.487 e. The monoisotopic (exact) mass is 260 g/mol. The second-order valence-corrected chi connectivity index (χ2v) is 4.80. The summed E-state index contributed by atoms with van der Waals surface area (Å²) in [5.41, 5.74) is 1.01. The second-order valence-electron chi connectivity index (χ2n) is 4.01. The maximum atomic E-state index is 6.11. The molecule has 1 unspecified atom stereocenters. The number of hydrogen-bond donors (Lipinski definition) is 0. The Hall–Kier alpha value is -0.510. The lowest BCUT2D eigenvalue weighted by atomic mass is 10.2. The van der Waals surface area contributed by atoms with E-state index in [9.17, 15) is 0 Å². The molecule has 0 aromatic carbocycles.